The predicted molar refractivity (Wildman–Crippen MR) is 78.8 cm³/mol. The third kappa shape index (κ3) is 3.99. The second kappa shape index (κ2) is 6.80. The minimum atomic E-state index is -1.13. The van der Waals surface area contributed by atoms with Crippen molar-refractivity contribution in [1.29, 1.82) is 0 Å². The zero-order valence-electron chi connectivity index (χ0n) is 11.6. The Morgan fingerprint density at radius 1 is 1.38 bits per heavy atom. The molecule has 2 unspecified atom stereocenters. The van der Waals surface area contributed by atoms with Gasteiger partial charge in [-0.15, -0.1) is 12.3 Å². The zero-order valence-corrected chi connectivity index (χ0v) is 11.6. The summed E-state index contributed by atoms with van der Waals surface area (Å²) in [5.74, 6) is 1.12. The van der Waals surface area contributed by atoms with Crippen LogP contribution in [0.15, 0.2) is 24.3 Å². The molecule has 2 amide bonds. The number of carbonyl (C=O) groups is 2. The lowest BCUT2D eigenvalue weighted by molar-refractivity contribution is -0.139. The van der Waals surface area contributed by atoms with E-state index in [9.17, 15) is 9.59 Å². The van der Waals surface area contributed by atoms with Gasteiger partial charge in [0.2, 0.25) is 0 Å². The molecule has 0 spiro atoms. The molecule has 3 N–H and O–H groups in total. The molecule has 5 nitrogen and oxygen atoms in total. The van der Waals surface area contributed by atoms with E-state index in [-0.39, 0.29) is 12.5 Å². The Morgan fingerprint density at radius 2 is 2.10 bits per heavy atom. The molecule has 1 aromatic rings. The number of fused-ring (bicyclic) bond motifs is 1. The molecule has 1 aliphatic carbocycles. The Morgan fingerprint density at radius 3 is 2.76 bits per heavy atom. The van der Waals surface area contributed by atoms with Gasteiger partial charge in [-0.2, -0.15) is 0 Å². The third-order valence-electron chi connectivity index (χ3n) is 3.61. The highest BCUT2D eigenvalue weighted by atomic mass is 16.4. The van der Waals surface area contributed by atoms with E-state index in [1.807, 2.05) is 12.1 Å². The van der Waals surface area contributed by atoms with Crippen LogP contribution in [0.25, 0.3) is 0 Å². The molecule has 0 bridgehead atoms. The molecule has 0 aliphatic heterocycles. The van der Waals surface area contributed by atoms with Gasteiger partial charge in [0, 0.05) is 12.5 Å². The lowest BCUT2D eigenvalue weighted by atomic mass is 9.88. The van der Waals surface area contributed by atoms with E-state index >= 15 is 0 Å². The van der Waals surface area contributed by atoms with E-state index in [1.54, 1.807) is 0 Å². The van der Waals surface area contributed by atoms with Gasteiger partial charge >= 0.3 is 12.0 Å². The van der Waals surface area contributed by atoms with Crippen molar-refractivity contribution in [1.82, 2.24) is 10.6 Å². The van der Waals surface area contributed by atoms with Crippen LogP contribution in [0.5, 0.6) is 0 Å². The second-order valence-electron chi connectivity index (χ2n) is 5.13. The Hall–Kier alpha value is -2.48. The molecule has 110 valence electrons. The molecule has 1 aliphatic rings. The Bertz CT molecular complexity index is 577. The van der Waals surface area contributed by atoms with Crippen LogP contribution in [0.4, 0.5) is 4.79 Å². The second-order valence-corrected chi connectivity index (χ2v) is 5.13. The van der Waals surface area contributed by atoms with Crippen molar-refractivity contribution in [3.8, 4) is 12.3 Å². The summed E-state index contributed by atoms with van der Waals surface area (Å²) in [5, 5.41) is 14.2. The number of urea groups is 1. The van der Waals surface area contributed by atoms with Crippen LogP contribution in [-0.4, -0.2) is 29.2 Å². The van der Waals surface area contributed by atoms with Crippen molar-refractivity contribution in [3.05, 3.63) is 35.4 Å². The molecule has 0 radical (unpaired) electrons. The van der Waals surface area contributed by atoms with Crippen molar-refractivity contribution in [2.45, 2.75) is 37.8 Å². The zero-order chi connectivity index (χ0) is 15.2. The largest absolute Gasteiger partial charge is 0.480 e. The quantitative estimate of drug-likeness (QED) is 0.730. The van der Waals surface area contributed by atoms with Gasteiger partial charge in [-0.25, -0.2) is 9.59 Å². The fourth-order valence-corrected chi connectivity index (χ4v) is 2.52. The highest BCUT2D eigenvalue weighted by Crippen LogP contribution is 2.20. The third-order valence-corrected chi connectivity index (χ3v) is 3.61. The molecule has 2 rings (SSSR count). The van der Waals surface area contributed by atoms with E-state index in [0.717, 1.165) is 19.3 Å². The fourth-order valence-electron chi connectivity index (χ4n) is 2.52. The number of aryl methyl sites for hydroxylation is 1. The van der Waals surface area contributed by atoms with Crippen molar-refractivity contribution < 1.29 is 14.7 Å². The number of hydrogen-bond donors (Lipinski definition) is 3. The van der Waals surface area contributed by atoms with E-state index in [0.29, 0.717) is 0 Å². The van der Waals surface area contributed by atoms with Gasteiger partial charge in [0.05, 0.1) is 0 Å². The van der Waals surface area contributed by atoms with Crippen LogP contribution >= 0.6 is 0 Å². The number of rotatable bonds is 4. The average molecular weight is 286 g/mol. The van der Waals surface area contributed by atoms with Gasteiger partial charge < -0.3 is 15.7 Å². The lowest BCUT2D eigenvalue weighted by Gasteiger charge is -2.26. The summed E-state index contributed by atoms with van der Waals surface area (Å²) in [5.41, 5.74) is 2.54. The predicted octanol–water partition coefficient (Wildman–Crippen LogP) is 1.32. The smallest absolute Gasteiger partial charge is 0.327 e. The van der Waals surface area contributed by atoms with Crippen molar-refractivity contribution in [2.24, 2.45) is 0 Å². The molecule has 0 saturated carbocycles. The maximum atomic E-state index is 11.9. The molecule has 0 heterocycles. The van der Waals surface area contributed by atoms with Crippen LogP contribution < -0.4 is 10.6 Å². The number of nitrogens with one attached hydrogen (secondary N) is 2. The summed E-state index contributed by atoms with van der Waals surface area (Å²) in [6, 6.07) is 6.62. The van der Waals surface area contributed by atoms with Gasteiger partial charge in [-0.3, -0.25) is 0 Å². The summed E-state index contributed by atoms with van der Waals surface area (Å²) in [6.45, 7) is 0. The molecular weight excluding hydrogens is 268 g/mol. The number of benzene rings is 1. The summed E-state index contributed by atoms with van der Waals surface area (Å²) >= 11 is 0. The number of aliphatic carboxylic acids is 1. The number of terminal acetylenes is 1. The number of carbonyl (C=O) groups excluding carboxylic acids is 1. The van der Waals surface area contributed by atoms with Crippen LogP contribution in [0.1, 0.15) is 24.0 Å². The maximum absolute atomic E-state index is 11.9. The maximum Gasteiger partial charge on any atom is 0.327 e. The van der Waals surface area contributed by atoms with E-state index in [2.05, 4.69) is 28.7 Å². The van der Waals surface area contributed by atoms with Crippen LogP contribution in [-0.2, 0) is 17.6 Å². The topological polar surface area (TPSA) is 78.4 Å². The van der Waals surface area contributed by atoms with Crippen LogP contribution in [0.3, 0.4) is 0 Å². The number of carboxylic acid groups (broad SMARTS) is 1. The summed E-state index contributed by atoms with van der Waals surface area (Å²) in [7, 11) is 0. The van der Waals surface area contributed by atoms with Gasteiger partial charge in [-0.1, -0.05) is 24.3 Å². The molecule has 1 aromatic carbocycles. The molecule has 0 fully saturated rings. The minimum Gasteiger partial charge on any atom is -0.480 e. The summed E-state index contributed by atoms with van der Waals surface area (Å²) < 4.78 is 0. The standard InChI is InChI=1S/C16H18N2O3/c1-2-5-14(15(19)20)18-16(21)17-13-9-8-11-6-3-4-7-12(11)10-13/h1,3-4,6-7,13-14H,5,8-10H2,(H,19,20)(H2,17,18,21). The first-order valence-corrected chi connectivity index (χ1v) is 6.90. The van der Waals surface area contributed by atoms with E-state index < -0.39 is 18.0 Å². The van der Waals surface area contributed by atoms with Gasteiger partial charge in [0.1, 0.15) is 6.04 Å². The van der Waals surface area contributed by atoms with Crippen molar-refractivity contribution >= 4 is 12.0 Å². The Balaban J connectivity index is 1.89. The summed E-state index contributed by atoms with van der Waals surface area (Å²) in [6.07, 6.45) is 7.58. The Labute approximate surface area is 123 Å². The molecule has 2 atom stereocenters. The normalized spacial score (nSPS) is 18.0. The first kappa shape index (κ1) is 14.9. The van der Waals surface area contributed by atoms with E-state index in [1.165, 1.54) is 11.1 Å². The van der Waals surface area contributed by atoms with Gasteiger partial charge in [0.25, 0.3) is 0 Å². The van der Waals surface area contributed by atoms with Gasteiger partial charge in [0.15, 0.2) is 0 Å². The molecule has 5 heteroatoms. The highest BCUT2D eigenvalue weighted by molar-refractivity contribution is 5.82. The number of carboxylic acids is 1. The van der Waals surface area contributed by atoms with Crippen molar-refractivity contribution in [2.75, 3.05) is 0 Å². The molecular formula is C16H18N2O3. The first-order valence-electron chi connectivity index (χ1n) is 6.90. The monoisotopic (exact) mass is 286 g/mol. The highest BCUT2D eigenvalue weighted by Gasteiger charge is 2.23. The number of amides is 2. The molecule has 0 saturated heterocycles. The fraction of sp³-hybridized carbons (Fsp3) is 0.375. The van der Waals surface area contributed by atoms with Crippen molar-refractivity contribution in [3.63, 3.8) is 0 Å². The first-order chi connectivity index (χ1) is 10.1. The van der Waals surface area contributed by atoms with Gasteiger partial charge in [-0.05, 0) is 30.4 Å². The molecule has 21 heavy (non-hydrogen) atoms. The SMILES string of the molecule is C#CCC(NC(=O)NC1CCc2ccccc2C1)C(=O)O. The number of hydrogen-bond acceptors (Lipinski definition) is 2. The summed E-state index contributed by atoms with van der Waals surface area (Å²) in [4.78, 5) is 22.8. The Kier molecular flexibility index (Phi) is 4.83. The average Bonchev–Trinajstić information content (AvgIpc) is 2.46. The van der Waals surface area contributed by atoms with Crippen LogP contribution in [0.2, 0.25) is 0 Å². The minimum absolute atomic E-state index is 0.0141. The van der Waals surface area contributed by atoms with E-state index in [4.69, 9.17) is 11.5 Å². The lowest BCUT2D eigenvalue weighted by Crippen LogP contribution is -2.50. The van der Waals surface area contributed by atoms with Crippen LogP contribution in [0, 0.1) is 12.3 Å². The molecule has 0 aromatic heterocycles.